The second kappa shape index (κ2) is 4.55. The van der Waals surface area contributed by atoms with Crippen molar-refractivity contribution in [2.24, 2.45) is 5.41 Å². The van der Waals surface area contributed by atoms with Crippen molar-refractivity contribution in [2.75, 3.05) is 0 Å². The molecule has 80 valence electrons. The predicted octanol–water partition coefficient (Wildman–Crippen LogP) is 1.60. The van der Waals surface area contributed by atoms with E-state index < -0.39 is 0 Å². The van der Waals surface area contributed by atoms with E-state index in [0.717, 1.165) is 13.0 Å². The molecule has 4 nitrogen and oxygen atoms in total. The summed E-state index contributed by atoms with van der Waals surface area (Å²) in [4.78, 5) is 0. The van der Waals surface area contributed by atoms with Gasteiger partial charge in [0, 0.05) is 6.54 Å². The fourth-order valence-corrected chi connectivity index (χ4v) is 1.29. The number of aromatic nitrogens is 3. The van der Waals surface area contributed by atoms with Crippen molar-refractivity contribution >= 4 is 0 Å². The number of aryl methyl sites for hydroxylation is 1. The fraction of sp³-hybridized carbons (Fsp3) is 0.800. The van der Waals surface area contributed by atoms with Crippen LogP contribution in [0, 0.1) is 5.41 Å². The van der Waals surface area contributed by atoms with Gasteiger partial charge in [-0.3, -0.25) is 4.68 Å². The third-order valence-corrected chi connectivity index (χ3v) is 2.06. The number of hydrogen-bond donors (Lipinski definition) is 1. The molecule has 0 aromatic carbocycles. The molecule has 1 rings (SSSR count). The smallest absolute Gasteiger partial charge is 0.108 e. The number of hydrogen-bond acceptors (Lipinski definition) is 3. The Balaban J connectivity index is 2.31. The van der Waals surface area contributed by atoms with Gasteiger partial charge < -0.3 is 5.11 Å². The summed E-state index contributed by atoms with van der Waals surface area (Å²) in [7, 11) is 0. The Kier molecular flexibility index (Phi) is 3.63. The molecule has 4 heteroatoms. The first-order valence-electron chi connectivity index (χ1n) is 5.01. The lowest BCUT2D eigenvalue weighted by Gasteiger charge is -2.17. The Hall–Kier alpha value is -0.900. The van der Waals surface area contributed by atoms with Crippen LogP contribution in [0.1, 0.15) is 39.3 Å². The molecule has 0 atom stereocenters. The molecule has 0 aliphatic heterocycles. The van der Waals surface area contributed by atoms with Crippen LogP contribution in [0.2, 0.25) is 0 Å². The van der Waals surface area contributed by atoms with Crippen LogP contribution in [-0.2, 0) is 13.2 Å². The first-order valence-corrected chi connectivity index (χ1v) is 5.01. The second-order valence-corrected chi connectivity index (χ2v) is 4.80. The van der Waals surface area contributed by atoms with Crippen LogP contribution >= 0.6 is 0 Å². The molecule has 1 aromatic heterocycles. The van der Waals surface area contributed by atoms with Crippen LogP contribution in [0.25, 0.3) is 0 Å². The lowest BCUT2D eigenvalue weighted by molar-refractivity contribution is 0.276. The lowest BCUT2D eigenvalue weighted by Crippen LogP contribution is -2.07. The van der Waals surface area contributed by atoms with Crippen molar-refractivity contribution < 1.29 is 5.11 Å². The van der Waals surface area contributed by atoms with E-state index >= 15 is 0 Å². The van der Waals surface area contributed by atoms with Crippen molar-refractivity contribution in [1.82, 2.24) is 15.0 Å². The van der Waals surface area contributed by atoms with E-state index in [-0.39, 0.29) is 6.61 Å². The number of aliphatic hydroxyl groups excluding tert-OH is 1. The van der Waals surface area contributed by atoms with Gasteiger partial charge in [-0.2, -0.15) is 0 Å². The van der Waals surface area contributed by atoms with Crippen molar-refractivity contribution in [1.29, 1.82) is 0 Å². The molecule has 1 heterocycles. The molecule has 0 aliphatic carbocycles. The third-order valence-electron chi connectivity index (χ3n) is 2.06. The molecule has 14 heavy (non-hydrogen) atoms. The summed E-state index contributed by atoms with van der Waals surface area (Å²) in [5, 5.41) is 16.5. The number of aliphatic hydroxyl groups is 1. The number of rotatable bonds is 4. The molecule has 1 N–H and O–H groups in total. The molecule has 1 aromatic rings. The topological polar surface area (TPSA) is 50.9 Å². The van der Waals surface area contributed by atoms with Gasteiger partial charge in [-0.15, -0.1) is 5.10 Å². The molecule has 0 unspecified atom stereocenters. The standard InChI is InChI=1S/C10H19N3O/c1-10(2,3)5-4-6-13-7-9(8-14)11-12-13/h7,14H,4-6,8H2,1-3H3. The molecule has 0 fully saturated rings. The first kappa shape index (κ1) is 11.2. The minimum atomic E-state index is -0.0285. The average Bonchev–Trinajstić information content (AvgIpc) is 2.50. The van der Waals surface area contributed by atoms with Crippen molar-refractivity contribution in [2.45, 2.75) is 46.8 Å². The number of nitrogens with zero attached hydrogens (tertiary/aromatic N) is 3. The minimum absolute atomic E-state index is 0.0285. The molecule has 0 aliphatic rings. The Morgan fingerprint density at radius 3 is 2.64 bits per heavy atom. The van der Waals surface area contributed by atoms with Crippen LogP contribution in [0.5, 0.6) is 0 Å². The van der Waals surface area contributed by atoms with Gasteiger partial charge in [0.1, 0.15) is 5.69 Å². The zero-order chi connectivity index (χ0) is 10.6. The van der Waals surface area contributed by atoms with Gasteiger partial charge in [-0.25, -0.2) is 0 Å². The zero-order valence-corrected chi connectivity index (χ0v) is 9.19. The van der Waals surface area contributed by atoms with E-state index in [1.54, 1.807) is 10.9 Å². The molecule has 0 amide bonds. The van der Waals surface area contributed by atoms with Crippen LogP contribution in [0.15, 0.2) is 6.20 Å². The van der Waals surface area contributed by atoms with Crippen LogP contribution < -0.4 is 0 Å². The Morgan fingerprint density at radius 2 is 2.14 bits per heavy atom. The lowest BCUT2D eigenvalue weighted by atomic mass is 9.91. The monoisotopic (exact) mass is 197 g/mol. The van der Waals surface area contributed by atoms with Gasteiger partial charge in [0.2, 0.25) is 0 Å². The summed E-state index contributed by atoms with van der Waals surface area (Å²) in [5.74, 6) is 0. The SMILES string of the molecule is CC(C)(C)CCCn1cc(CO)nn1. The Labute approximate surface area is 84.9 Å². The highest BCUT2D eigenvalue weighted by atomic mass is 16.3. The summed E-state index contributed by atoms with van der Waals surface area (Å²) in [6.07, 6.45) is 4.06. The Morgan fingerprint density at radius 1 is 1.43 bits per heavy atom. The summed E-state index contributed by atoms with van der Waals surface area (Å²) >= 11 is 0. The van der Waals surface area contributed by atoms with Crippen molar-refractivity contribution in [3.63, 3.8) is 0 Å². The molecule has 0 spiro atoms. The molecule has 0 saturated carbocycles. The molecule has 0 bridgehead atoms. The molecule has 0 radical (unpaired) electrons. The van der Waals surface area contributed by atoms with E-state index in [1.807, 2.05) is 0 Å². The van der Waals surface area contributed by atoms with E-state index in [9.17, 15) is 0 Å². The van der Waals surface area contributed by atoms with Gasteiger partial charge in [-0.1, -0.05) is 26.0 Å². The zero-order valence-electron chi connectivity index (χ0n) is 9.19. The largest absolute Gasteiger partial charge is 0.390 e. The van der Waals surface area contributed by atoms with E-state index in [1.165, 1.54) is 6.42 Å². The van der Waals surface area contributed by atoms with E-state index in [2.05, 4.69) is 31.1 Å². The summed E-state index contributed by atoms with van der Waals surface area (Å²) < 4.78 is 1.79. The molecule has 0 saturated heterocycles. The third kappa shape index (κ3) is 3.87. The van der Waals surface area contributed by atoms with Crippen molar-refractivity contribution in [3.8, 4) is 0 Å². The first-order chi connectivity index (χ1) is 6.51. The van der Waals surface area contributed by atoms with Gasteiger partial charge in [0.15, 0.2) is 0 Å². The second-order valence-electron chi connectivity index (χ2n) is 4.80. The maximum Gasteiger partial charge on any atom is 0.108 e. The van der Waals surface area contributed by atoms with Crippen molar-refractivity contribution in [3.05, 3.63) is 11.9 Å². The van der Waals surface area contributed by atoms with Crippen LogP contribution in [-0.4, -0.2) is 20.1 Å². The highest BCUT2D eigenvalue weighted by molar-refractivity contribution is 4.88. The summed E-state index contributed by atoms with van der Waals surface area (Å²) in [6.45, 7) is 7.54. The van der Waals surface area contributed by atoms with Gasteiger partial charge in [0.05, 0.1) is 12.8 Å². The normalized spacial score (nSPS) is 12.0. The molecular formula is C10H19N3O. The highest BCUT2D eigenvalue weighted by Crippen LogP contribution is 2.20. The average molecular weight is 197 g/mol. The maximum absolute atomic E-state index is 8.79. The van der Waals surface area contributed by atoms with Gasteiger partial charge in [0.25, 0.3) is 0 Å². The maximum atomic E-state index is 8.79. The van der Waals surface area contributed by atoms with Gasteiger partial charge in [-0.05, 0) is 18.3 Å². The fourth-order valence-electron chi connectivity index (χ4n) is 1.29. The van der Waals surface area contributed by atoms with Crippen LogP contribution in [0.4, 0.5) is 0 Å². The summed E-state index contributed by atoms with van der Waals surface area (Å²) in [6, 6.07) is 0. The summed E-state index contributed by atoms with van der Waals surface area (Å²) in [5.41, 5.74) is 1.01. The van der Waals surface area contributed by atoms with Crippen LogP contribution in [0.3, 0.4) is 0 Å². The van der Waals surface area contributed by atoms with Gasteiger partial charge >= 0.3 is 0 Å². The minimum Gasteiger partial charge on any atom is -0.390 e. The van der Waals surface area contributed by atoms with E-state index in [0.29, 0.717) is 11.1 Å². The Bertz CT molecular complexity index is 275. The van der Waals surface area contributed by atoms with E-state index in [4.69, 9.17) is 5.11 Å². The molecular weight excluding hydrogens is 178 g/mol. The predicted molar refractivity (Wildman–Crippen MR) is 54.6 cm³/mol. The highest BCUT2D eigenvalue weighted by Gasteiger charge is 2.09. The quantitative estimate of drug-likeness (QED) is 0.797.